The van der Waals surface area contributed by atoms with Crippen LogP contribution in [0.4, 0.5) is 5.69 Å². The van der Waals surface area contributed by atoms with Crippen LogP contribution in [0.25, 0.3) is 0 Å². The number of sulfonamides is 1. The van der Waals surface area contributed by atoms with E-state index in [1.165, 1.54) is 38.2 Å². The minimum atomic E-state index is -4.04. The van der Waals surface area contributed by atoms with Crippen molar-refractivity contribution in [2.45, 2.75) is 56.4 Å². The molecule has 1 aliphatic carbocycles. The number of anilines is 1. The summed E-state index contributed by atoms with van der Waals surface area (Å²) >= 11 is 0. The van der Waals surface area contributed by atoms with Gasteiger partial charge >= 0.3 is 5.97 Å². The second-order valence-corrected chi connectivity index (χ2v) is 9.82. The summed E-state index contributed by atoms with van der Waals surface area (Å²) in [5.41, 5.74) is 1.37. The van der Waals surface area contributed by atoms with Crippen LogP contribution in [0.1, 0.15) is 54.4 Å². The van der Waals surface area contributed by atoms with E-state index in [4.69, 9.17) is 9.47 Å². The lowest BCUT2D eigenvalue weighted by molar-refractivity contribution is -0.125. The Kier molecular flexibility index (Phi) is 8.32. The number of esters is 1. The standard InChI is InChI=1S/C24H30N2O6S/c1-17-9-12-20(13-10-17)26-33(29,30)22-15-18(11-14-21(22)31-2)24(28)32-16-23(27)25-19-7-5-3-4-6-8-19/h9-15,19,26H,3-8,16H2,1-2H3,(H,25,27). The topological polar surface area (TPSA) is 111 Å². The fourth-order valence-corrected chi connectivity index (χ4v) is 5.01. The van der Waals surface area contributed by atoms with Gasteiger partial charge in [0.15, 0.2) is 6.61 Å². The number of nitrogens with one attached hydrogen (secondary N) is 2. The number of aryl methyl sites for hydroxylation is 1. The third-order valence-corrected chi connectivity index (χ3v) is 6.95. The molecule has 0 radical (unpaired) electrons. The maximum atomic E-state index is 12.9. The highest BCUT2D eigenvalue weighted by molar-refractivity contribution is 7.92. The number of carbonyl (C=O) groups excluding carboxylic acids is 2. The van der Waals surface area contributed by atoms with E-state index < -0.39 is 22.6 Å². The maximum absolute atomic E-state index is 12.9. The van der Waals surface area contributed by atoms with Gasteiger partial charge in [0, 0.05) is 11.7 Å². The molecule has 0 atom stereocenters. The lowest BCUT2D eigenvalue weighted by Crippen LogP contribution is -2.37. The fraction of sp³-hybridized carbons (Fsp3) is 0.417. The number of benzene rings is 2. The first kappa shape index (κ1) is 24.6. The molecule has 178 valence electrons. The average molecular weight is 475 g/mol. The quantitative estimate of drug-likeness (QED) is 0.445. The predicted octanol–water partition coefficient (Wildman–Crippen LogP) is 3.80. The molecule has 0 saturated heterocycles. The molecule has 1 saturated carbocycles. The van der Waals surface area contributed by atoms with E-state index in [1.807, 2.05) is 6.92 Å². The number of methoxy groups -OCH3 is 1. The Labute approximate surface area is 194 Å². The minimum absolute atomic E-state index is 0.00217. The molecule has 2 aromatic rings. The number of ether oxygens (including phenoxy) is 2. The first-order valence-corrected chi connectivity index (χ1v) is 12.5. The Bertz CT molecular complexity index is 1070. The molecule has 3 rings (SSSR count). The van der Waals surface area contributed by atoms with E-state index in [0.29, 0.717) is 5.69 Å². The van der Waals surface area contributed by atoms with Gasteiger partial charge in [0.25, 0.3) is 15.9 Å². The van der Waals surface area contributed by atoms with Crippen molar-refractivity contribution in [3.05, 3.63) is 53.6 Å². The average Bonchev–Trinajstić information content (AvgIpc) is 3.07. The number of hydrogen-bond acceptors (Lipinski definition) is 6. The zero-order valence-corrected chi connectivity index (χ0v) is 19.7. The summed E-state index contributed by atoms with van der Waals surface area (Å²) in [5.74, 6) is -1.07. The van der Waals surface area contributed by atoms with E-state index in [9.17, 15) is 18.0 Å². The lowest BCUT2D eigenvalue weighted by Gasteiger charge is -2.16. The van der Waals surface area contributed by atoms with Crippen LogP contribution in [0.3, 0.4) is 0 Å². The first-order chi connectivity index (χ1) is 15.8. The van der Waals surface area contributed by atoms with Crippen LogP contribution in [0.15, 0.2) is 47.4 Å². The molecule has 2 aromatic carbocycles. The van der Waals surface area contributed by atoms with Gasteiger partial charge in [-0.25, -0.2) is 13.2 Å². The van der Waals surface area contributed by atoms with Crippen LogP contribution in [0, 0.1) is 6.92 Å². The number of rotatable bonds is 8. The van der Waals surface area contributed by atoms with Gasteiger partial charge in [0.05, 0.1) is 12.7 Å². The SMILES string of the molecule is COc1ccc(C(=O)OCC(=O)NC2CCCCCC2)cc1S(=O)(=O)Nc1ccc(C)cc1. The Hall–Kier alpha value is -3.07. The summed E-state index contributed by atoms with van der Waals surface area (Å²) in [4.78, 5) is 24.5. The molecule has 0 spiro atoms. The van der Waals surface area contributed by atoms with Crippen molar-refractivity contribution in [1.82, 2.24) is 5.32 Å². The smallest absolute Gasteiger partial charge is 0.338 e. The van der Waals surface area contributed by atoms with Crippen LogP contribution in [-0.2, 0) is 19.6 Å². The van der Waals surface area contributed by atoms with Crippen molar-refractivity contribution < 1.29 is 27.5 Å². The van der Waals surface area contributed by atoms with E-state index >= 15 is 0 Å². The zero-order chi connectivity index (χ0) is 23.8. The van der Waals surface area contributed by atoms with Crippen LogP contribution in [-0.4, -0.2) is 40.1 Å². The Morgan fingerprint density at radius 3 is 2.30 bits per heavy atom. The largest absolute Gasteiger partial charge is 0.495 e. The van der Waals surface area contributed by atoms with Crippen LogP contribution in [0.5, 0.6) is 5.75 Å². The first-order valence-electron chi connectivity index (χ1n) is 11.0. The molecule has 0 heterocycles. The second kappa shape index (κ2) is 11.2. The molecule has 33 heavy (non-hydrogen) atoms. The molecule has 0 aliphatic heterocycles. The van der Waals surface area contributed by atoms with Crippen molar-refractivity contribution >= 4 is 27.6 Å². The van der Waals surface area contributed by atoms with Crippen molar-refractivity contribution in [2.24, 2.45) is 0 Å². The Balaban J connectivity index is 1.68. The molecule has 0 unspecified atom stereocenters. The van der Waals surface area contributed by atoms with Gasteiger partial charge in [-0.05, 0) is 50.1 Å². The molecule has 0 aromatic heterocycles. The zero-order valence-electron chi connectivity index (χ0n) is 18.9. The molecular weight excluding hydrogens is 444 g/mol. The monoisotopic (exact) mass is 474 g/mol. The third-order valence-electron chi connectivity index (χ3n) is 5.55. The molecule has 1 fully saturated rings. The lowest BCUT2D eigenvalue weighted by atomic mass is 10.1. The van der Waals surface area contributed by atoms with Gasteiger partial charge in [-0.15, -0.1) is 0 Å². The highest BCUT2D eigenvalue weighted by Gasteiger charge is 2.23. The highest BCUT2D eigenvalue weighted by Crippen LogP contribution is 2.27. The van der Waals surface area contributed by atoms with Crippen LogP contribution in [0.2, 0.25) is 0 Å². The van der Waals surface area contributed by atoms with Crippen molar-refractivity contribution in [3.63, 3.8) is 0 Å². The molecule has 8 nitrogen and oxygen atoms in total. The number of hydrogen-bond donors (Lipinski definition) is 2. The minimum Gasteiger partial charge on any atom is -0.495 e. The number of carbonyl (C=O) groups is 2. The molecule has 1 aliphatic rings. The second-order valence-electron chi connectivity index (χ2n) is 8.17. The normalized spacial score (nSPS) is 14.7. The van der Waals surface area contributed by atoms with E-state index in [1.54, 1.807) is 24.3 Å². The summed E-state index contributed by atoms with van der Waals surface area (Å²) in [6.45, 7) is 1.47. The van der Waals surface area contributed by atoms with Gasteiger partial charge in [0.2, 0.25) is 0 Å². The molecule has 0 bridgehead atoms. The summed E-state index contributed by atoms with van der Waals surface area (Å²) in [6.07, 6.45) is 6.33. The van der Waals surface area contributed by atoms with Gasteiger partial charge in [-0.2, -0.15) is 0 Å². The molecular formula is C24H30N2O6S. The Morgan fingerprint density at radius 1 is 1.00 bits per heavy atom. The maximum Gasteiger partial charge on any atom is 0.338 e. The van der Waals surface area contributed by atoms with Crippen molar-refractivity contribution in [2.75, 3.05) is 18.4 Å². The van der Waals surface area contributed by atoms with E-state index in [-0.39, 0.29) is 28.2 Å². The highest BCUT2D eigenvalue weighted by atomic mass is 32.2. The predicted molar refractivity (Wildman–Crippen MR) is 125 cm³/mol. The number of amides is 1. The molecule has 9 heteroatoms. The summed E-state index contributed by atoms with van der Waals surface area (Å²) in [6, 6.07) is 10.9. The third kappa shape index (κ3) is 6.95. The van der Waals surface area contributed by atoms with Gasteiger partial charge in [-0.3, -0.25) is 9.52 Å². The fourth-order valence-electron chi connectivity index (χ4n) is 3.75. The summed E-state index contributed by atoms with van der Waals surface area (Å²) in [7, 11) is -2.70. The van der Waals surface area contributed by atoms with Crippen molar-refractivity contribution in [3.8, 4) is 5.75 Å². The van der Waals surface area contributed by atoms with Crippen LogP contribution < -0.4 is 14.8 Å². The van der Waals surface area contributed by atoms with E-state index in [0.717, 1.165) is 31.2 Å². The van der Waals surface area contributed by atoms with Crippen LogP contribution >= 0.6 is 0 Å². The molecule has 2 N–H and O–H groups in total. The van der Waals surface area contributed by atoms with Gasteiger partial charge in [0.1, 0.15) is 10.6 Å². The Morgan fingerprint density at radius 2 is 1.67 bits per heavy atom. The van der Waals surface area contributed by atoms with Gasteiger partial charge < -0.3 is 14.8 Å². The van der Waals surface area contributed by atoms with Gasteiger partial charge in [-0.1, -0.05) is 43.4 Å². The van der Waals surface area contributed by atoms with E-state index in [2.05, 4.69) is 10.0 Å². The molecule has 1 amide bonds. The summed E-state index contributed by atoms with van der Waals surface area (Å²) < 4.78 is 38.7. The van der Waals surface area contributed by atoms with Crippen molar-refractivity contribution in [1.29, 1.82) is 0 Å². The summed E-state index contributed by atoms with van der Waals surface area (Å²) in [5, 5.41) is 2.91.